The number of nitrogens with one attached hydrogen (secondary N) is 2. The largest absolute Gasteiger partial charge is 0.495 e. The molecule has 0 aliphatic rings. The molecule has 5 nitrogen and oxygen atoms in total. The van der Waals surface area contributed by atoms with Gasteiger partial charge in [0.2, 0.25) is 11.8 Å². The summed E-state index contributed by atoms with van der Waals surface area (Å²) in [5, 5.41) is 5.64. The summed E-state index contributed by atoms with van der Waals surface area (Å²) in [6, 6.07) is 5.79. The van der Waals surface area contributed by atoms with Crippen molar-refractivity contribution in [3.8, 4) is 5.75 Å². The van der Waals surface area contributed by atoms with E-state index in [1.54, 1.807) is 7.11 Å². The lowest BCUT2D eigenvalue weighted by Gasteiger charge is -2.21. The highest BCUT2D eigenvalue weighted by Gasteiger charge is 2.21. The maximum atomic E-state index is 12.2. The summed E-state index contributed by atoms with van der Waals surface area (Å²) < 4.78 is 5.32. The van der Waals surface area contributed by atoms with Crippen molar-refractivity contribution in [3.05, 3.63) is 23.8 Å². The zero-order chi connectivity index (χ0) is 18.5. The summed E-state index contributed by atoms with van der Waals surface area (Å²) in [6.07, 6.45) is 0.213. The summed E-state index contributed by atoms with van der Waals surface area (Å²) in [5.41, 5.74) is 1.28. The molecular weight excluding hydrogens is 304 g/mol. The lowest BCUT2D eigenvalue weighted by atomic mass is 9.87. The van der Waals surface area contributed by atoms with Crippen LogP contribution in [0.3, 0.4) is 0 Å². The van der Waals surface area contributed by atoms with Crippen LogP contribution in [0.4, 0.5) is 5.69 Å². The molecular formula is C19H30N2O3. The number of carbonyl (C=O) groups excluding carboxylic acids is 2. The van der Waals surface area contributed by atoms with Gasteiger partial charge >= 0.3 is 0 Å². The number of carbonyl (C=O) groups is 2. The molecule has 1 aromatic rings. The maximum Gasteiger partial charge on any atom is 0.226 e. The third-order valence-corrected chi connectivity index (χ3v) is 3.66. The van der Waals surface area contributed by atoms with Crippen LogP contribution < -0.4 is 15.4 Å². The topological polar surface area (TPSA) is 67.4 Å². The lowest BCUT2D eigenvalue weighted by Crippen LogP contribution is -2.36. The monoisotopic (exact) mass is 334 g/mol. The number of hydrogen-bond donors (Lipinski definition) is 2. The predicted octanol–water partition coefficient (Wildman–Crippen LogP) is 3.48. The molecule has 0 aliphatic carbocycles. The Morgan fingerprint density at radius 2 is 1.71 bits per heavy atom. The van der Waals surface area contributed by atoms with Gasteiger partial charge in [-0.15, -0.1) is 0 Å². The minimum absolute atomic E-state index is 0.0214. The van der Waals surface area contributed by atoms with Crippen molar-refractivity contribution in [1.29, 1.82) is 0 Å². The van der Waals surface area contributed by atoms with Crippen LogP contribution in [0.1, 0.15) is 53.5 Å². The Hall–Kier alpha value is -2.04. The van der Waals surface area contributed by atoms with Gasteiger partial charge in [-0.25, -0.2) is 0 Å². The van der Waals surface area contributed by atoms with Crippen LogP contribution in [0.5, 0.6) is 5.75 Å². The summed E-state index contributed by atoms with van der Waals surface area (Å²) >= 11 is 0. The second-order valence-electron chi connectivity index (χ2n) is 7.97. The molecule has 1 rings (SSSR count). The van der Waals surface area contributed by atoms with E-state index in [-0.39, 0.29) is 23.7 Å². The highest BCUT2D eigenvalue weighted by atomic mass is 16.5. The minimum Gasteiger partial charge on any atom is -0.495 e. The van der Waals surface area contributed by atoms with E-state index in [0.29, 0.717) is 18.0 Å². The number of benzene rings is 1. The van der Waals surface area contributed by atoms with Gasteiger partial charge in [-0.2, -0.15) is 0 Å². The number of hydrogen-bond acceptors (Lipinski definition) is 3. The van der Waals surface area contributed by atoms with E-state index in [1.807, 2.05) is 39.0 Å². The van der Waals surface area contributed by atoms with Gasteiger partial charge < -0.3 is 15.4 Å². The third kappa shape index (κ3) is 5.87. The van der Waals surface area contributed by atoms with Gasteiger partial charge in [0, 0.05) is 18.4 Å². The number of ether oxygens (including phenoxy) is 1. The van der Waals surface area contributed by atoms with Crippen LogP contribution in [-0.2, 0) is 15.0 Å². The Labute approximate surface area is 145 Å². The van der Waals surface area contributed by atoms with Gasteiger partial charge in [-0.3, -0.25) is 9.59 Å². The molecule has 0 saturated heterocycles. The van der Waals surface area contributed by atoms with Crippen molar-refractivity contribution in [2.45, 2.75) is 53.4 Å². The first-order chi connectivity index (χ1) is 10.9. The zero-order valence-electron chi connectivity index (χ0n) is 15.9. The average molecular weight is 334 g/mol. The molecule has 24 heavy (non-hydrogen) atoms. The minimum atomic E-state index is -0.458. The van der Waals surface area contributed by atoms with Gasteiger partial charge in [0.1, 0.15) is 5.75 Å². The summed E-state index contributed by atoms with van der Waals surface area (Å²) in [5.74, 6) is 0.395. The van der Waals surface area contributed by atoms with Gasteiger partial charge in [0.25, 0.3) is 0 Å². The van der Waals surface area contributed by atoms with Gasteiger partial charge in [-0.1, -0.05) is 47.6 Å². The molecule has 0 aromatic heterocycles. The van der Waals surface area contributed by atoms with Gasteiger partial charge in [-0.05, 0) is 23.1 Å². The van der Waals surface area contributed by atoms with Crippen molar-refractivity contribution in [1.82, 2.24) is 5.32 Å². The SMILES string of the molecule is COc1ccc(C(C)(C)C)cc1NC(=O)CCNC(=O)C(C)(C)C. The normalized spacial score (nSPS) is 11.8. The first kappa shape index (κ1) is 20.0. The number of methoxy groups -OCH3 is 1. The standard InChI is InChI=1S/C19H30N2O3/c1-18(2,3)13-8-9-15(24-7)14(12-13)21-16(22)10-11-20-17(23)19(4,5)6/h8-9,12H,10-11H2,1-7H3,(H,20,23)(H,21,22). The molecule has 2 N–H and O–H groups in total. The van der Waals surface area contributed by atoms with Crippen LogP contribution in [0, 0.1) is 5.41 Å². The van der Waals surface area contributed by atoms with Crippen LogP contribution in [0.25, 0.3) is 0 Å². The molecule has 0 atom stereocenters. The van der Waals surface area contributed by atoms with Crippen molar-refractivity contribution < 1.29 is 14.3 Å². The van der Waals surface area contributed by atoms with E-state index in [2.05, 4.69) is 31.4 Å². The molecule has 2 amide bonds. The van der Waals surface area contributed by atoms with E-state index in [0.717, 1.165) is 5.56 Å². The van der Waals surface area contributed by atoms with Crippen LogP contribution in [0.2, 0.25) is 0 Å². The van der Waals surface area contributed by atoms with Crippen molar-refractivity contribution in [2.24, 2.45) is 5.41 Å². The molecule has 0 saturated carbocycles. The fraction of sp³-hybridized carbons (Fsp3) is 0.579. The second-order valence-corrected chi connectivity index (χ2v) is 7.97. The van der Waals surface area contributed by atoms with E-state index in [1.165, 1.54) is 0 Å². The second kappa shape index (κ2) is 7.69. The molecule has 1 aromatic carbocycles. The maximum absolute atomic E-state index is 12.2. The van der Waals surface area contributed by atoms with Crippen molar-refractivity contribution in [3.63, 3.8) is 0 Å². The fourth-order valence-corrected chi connectivity index (χ4v) is 2.04. The number of rotatable bonds is 5. The molecule has 0 spiro atoms. The molecule has 0 fully saturated rings. The molecule has 0 heterocycles. The molecule has 0 unspecified atom stereocenters. The summed E-state index contributed by atoms with van der Waals surface area (Å²) in [4.78, 5) is 24.0. The predicted molar refractivity (Wildman–Crippen MR) is 97.4 cm³/mol. The Balaban J connectivity index is 2.71. The highest BCUT2D eigenvalue weighted by molar-refractivity contribution is 5.93. The Kier molecular flexibility index (Phi) is 6.41. The number of amides is 2. The Morgan fingerprint density at radius 3 is 2.21 bits per heavy atom. The summed E-state index contributed by atoms with van der Waals surface area (Å²) in [7, 11) is 1.57. The first-order valence-corrected chi connectivity index (χ1v) is 8.22. The van der Waals surface area contributed by atoms with Gasteiger partial charge in [0.05, 0.1) is 12.8 Å². The smallest absolute Gasteiger partial charge is 0.226 e. The Bertz CT molecular complexity index is 596. The molecule has 0 bridgehead atoms. The van der Waals surface area contributed by atoms with Crippen molar-refractivity contribution in [2.75, 3.05) is 19.0 Å². The number of anilines is 1. The first-order valence-electron chi connectivity index (χ1n) is 8.22. The molecule has 0 aliphatic heterocycles. The molecule has 134 valence electrons. The van der Waals surface area contributed by atoms with E-state index in [9.17, 15) is 9.59 Å². The fourth-order valence-electron chi connectivity index (χ4n) is 2.04. The van der Waals surface area contributed by atoms with Crippen LogP contribution >= 0.6 is 0 Å². The average Bonchev–Trinajstić information content (AvgIpc) is 2.45. The molecule has 0 radical (unpaired) electrons. The van der Waals surface area contributed by atoms with E-state index >= 15 is 0 Å². The van der Waals surface area contributed by atoms with E-state index < -0.39 is 5.41 Å². The quantitative estimate of drug-likeness (QED) is 0.866. The van der Waals surface area contributed by atoms with Crippen molar-refractivity contribution >= 4 is 17.5 Å². The van der Waals surface area contributed by atoms with Crippen LogP contribution in [0.15, 0.2) is 18.2 Å². The Morgan fingerprint density at radius 1 is 1.08 bits per heavy atom. The van der Waals surface area contributed by atoms with Gasteiger partial charge in [0.15, 0.2) is 0 Å². The van der Waals surface area contributed by atoms with E-state index in [4.69, 9.17) is 4.74 Å². The third-order valence-electron chi connectivity index (χ3n) is 3.66. The summed E-state index contributed by atoms with van der Waals surface area (Å²) in [6.45, 7) is 12.2. The lowest BCUT2D eigenvalue weighted by molar-refractivity contribution is -0.128. The molecule has 5 heteroatoms. The zero-order valence-corrected chi connectivity index (χ0v) is 15.9. The van der Waals surface area contributed by atoms with Crippen LogP contribution in [-0.4, -0.2) is 25.5 Å². The highest BCUT2D eigenvalue weighted by Crippen LogP contribution is 2.31.